The summed E-state index contributed by atoms with van der Waals surface area (Å²) in [5, 5.41) is 6.43. The maximum Gasteiger partial charge on any atom is 0.160 e. The van der Waals surface area contributed by atoms with Gasteiger partial charge in [0.05, 0.1) is 0 Å². The average Bonchev–Trinajstić information content (AvgIpc) is 2.59. The summed E-state index contributed by atoms with van der Waals surface area (Å²) in [5.41, 5.74) is 9.98. The summed E-state index contributed by atoms with van der Waals surface area (Å²) in [6, 6.07) is 12.0. The predicted octanol–water partition coefficient (Wildman–Crippen LogP) is 3.81. The van der Waals surface area contributed by atoms with Crippen molar-refractivity contribution in [3.63, 3.8) is 0 Å². The van der Waals surface area contributed by atoms with Crippen molar-refractivity contribution in [1.29, 1.82) is 0 Å². The summed E-state index contributed by atoms with van der Waals surface area (Å²) in [5.74, 6) is 1.79. The Labute approximate surface area is 141 Å². The van der Waals surface area contributed by atoms with E-state index in [-0.39, 0.29) is 0 Å². The second-order valence-corrected chi connectivity index (χ2v) is 5.46. The Morgan fingerprint density at radius 1 is 1.00 bits per heavy atom. The molecule has 122 valence electrons. The lowest BCUT2D eigenvalue weighted by Crippen LogP contribution is -2.06. The largest absolute Gasteiger partial charge is 0.393 e. The molecular formula is C18H20N6. The van der Waals surface area contributed by atoms with Crippen LogP contribution < -0.4 is 16.4 Å². The molecule has 0 aliphatic carbocycles. The van der Waals surface area contributed by atoms with Crippen molar-refractivity contribution in [1.82, 2.24) is 15.0 Å². The number of anilines is 5. The fourth-order valence-corrected chi connectivity index (χ4v) is 2.40. The highest BCUT2D eigenvalue weighted by molar-refractivity contribution is 5.80. The van der Waals surface area contributed by atoms with Crippen molar-refractivity contribution in [3.8, 4) is 0 Å². The van der Waals surface area contributed by atoms with Gasteiger partial charge in [0.2, 0.25) is 0 Å². The molecule has 0 aliphatic heterocycles. The number of aromatic nitrogens is 3. The van der Waals surface area contributed by atoms with Crippen molar-refractivity contribution in [2.24, 2.45) is 0 Å². The number of para-hydroxylation sites is 1. The minimum Gasteiger partial charge on any atom is -0.393 e. The third-order valence-corrected chi connectivity index (χ3v) is 3.70. The summed E-state index contributed by atoms with van der Waals surface area (Å²) in [4.78, 5) is 12.8. The van der Waals surface area contributed by atoms with Gasteiger partial charge in [-0.25, -0.2) is 15.0 Å². The number of nitrogens with zero attached hydrogens (tertiary/aromatic N) is 3. The standard InChI is InChI=1S/C18H20N6/c1-3-13-6-4-5-7-14(13)23-17-16(19)18(22-11-21-17)24-15-10-12(2)8-9-20-15/h4-11H,3,19H2,1-2H3,(H2,20,21,22,23,24). The van der Waals surface area contributed by atoms with Crippen molar-refractivity contribution in [2.45, 2.75) is 20.3 Å². The van der Waals surface area contributed by atoms with Gasteiger partial charge in [-0.05, 0) is 42.7 Å². The van der Waals surface area contributed by atoms with Gasteiger partial charge in [0.1, 0.15) is 17.8 Å². The molecule has 6 nitrogen and oxygen atoms in total. The van der Waals surface area contributed by atoms with Crippen LogP contribution in [0, 0.1) is 6.92 Å². The highest BCUT2D eigenvalue weighted by Crippen LogP contribution is 2.29. The van der Waals surface area contributed by atoms with Gasteiger partial charge in [0.25, 0.3) is 0 Å². The van der Waals surface area contributed by atoms with E-state index in [2.05, 4.69) is 38.6 Å². The molecule has 0 atom stereocenters. The minimum absolute atomic E-state index is 0.451. The number of nitrogen functional groups attached to an aromatic ring is 1. The fraction of sp³-hybridized carbons (Fsp3) is 0.167. The molecular weight excluding hydrogens is 300 g/mol. The van der Waals surface area contributed by atoms with Crippen LogP contribution in [-0.4, -0.2) is 15.0 Å². The van der Waals surface area contributed by atoms with Crippen molar-refractivity contribution >= 4 is 28.8 Å². The Hall–Kier alpha value is -3.15. The number of nitrogens with one attached hydrogen (secondary N) is 2. The van der Waals surface area contributed by atoms with Crippen LogP contribution in [0.3, 0.4) is 0 Å². The minimum atomic E-state index is 0.451. The average molecular weight is 320 g/mol. The van der Waals surface area contributed by atoms with Crippen LogP contribution in [0.15, 0.2) is 48.9 Å². The molecule has 0 fully saturated rings. The Bertz CT molecular complexity index is 846. The number of rotatable bonds is 5. The van der Waals surface area contributed by atoms with Gasteiger partial charge in [0, 0.05) is 11.9 Å². The summed E-state index contributed by atoms with van der Waals surface area (Å²) < 4.78 is 0. The fourth-order valence-electron chi connectivity index (χ4n) is 2.40. The van der Waals surface area contributed by atoms with Gasteiger partial charge >= 0.3 is 0 Å². The molecule has 6 heteroatoms. The van der Waals surface area contributed by atoms with E-state index in [1.165, 1.54) is 11.9 Å². The lowest BCUT2D eigenvalue weighted by Gasteiger charge is -2.14. The lowest BCUT2D eigenvalue weighted by molar-refractivity contribution is 1.13. The highest BCUT2D eigenvalue weighted by atomic mass is 15.1. The van der Waals surface area contributed by atoms with E-state index >= 15 is 0 Å². The number of pyridine rings is 1. The van der Waals surface area contributed by atoms with E-state index < -0.39 is 0 Å². The van der Waals surface area contributed by atoms with Gasteiger partial charge in [-0.2, -0.15) is 0 Å². The predicted molar refractivity (Wildman–Crippen MR) is 97.8 cm³/mol. The Balaban J connectivity index is 1.88. The normalized spacial score (nSPS) is 10.4. The van der Waals surface area contributed by atoms with Crippen molar-refractivity contribution in [2.75, 3.05) is 16.4 Å². The quantitative estimate of drug-likeness (QED) is 0.662. The summed E-state index contributed by atoms with van der Waals surface area (Å²) in [7, 11) is 0. The number of hydrogen-bond donors (Lipinski definition) is 3. The zero-order chi connectivity index (χ0) is 16.9. The number of aryl methyl sites for hydroxylation is 2. The topological polar surface area (TPSA) is 88.8 Å². The third-order valence-electron chi connectivity index (χ3n) is 3.70. The maximum absolute atomic E-state index is 6.23. The van der Waals surface area contributed by atoms with Gasteiger partial charge in [-0.3, -0.25) is 0 Å². The lowest BCUT2D eigenvalue weighted by atomic mass is 10.1. The van der Waals surface area contributed by atoms with E-state index in [1.54, 1.807) is 6.20 Å². The molecule has 0 bridgehead atoms. The van der Waals surface area contributed by atoms with Crippen LogP contribution in [0.2, 0.25) is 0 Å². The van der Waals surface area contributed by atoms with Crippen LogP contribution in [0.1, 0.15) is 18.1 Å². The van der Waals surface area contributed by atoms with Gasteiger partial charge < -0.3 is 16.4 Å². The summed E-state index contributed by atoms with van der Waals surface area (Å²) in [6.07, 6.45) is 4.14. The van der Waals surface area contributed by atoms with E-state index in [4.69, 9.17) is 5.73 Å². The first-order valence-electron chi connectivity index (χ1n) is 7.82. The number of hydrogen-bond acceptors (Lipinski definition) is 6. The second kappa shape index (κ2) is 6.95. The molecule has 0 saturated heterocycles. The molecule has 4 N–H and O–H groups in total. The zero-order valence-electron chi connectivity index (χ0n) is 13.7. The SMILES string of the molecule is CCc1ccccc1Nc1ncnc(Nc2cc(C)ccn2)c1N. The highest BCUT2D eigenvalue weighted by Gasteiger charge is 2.10. The third kappa shape index (κ3) is 3.43. The van der Waals surface area contributed by atoms with E-state index in [9.17, 15) is 0 Å². The van der Waals surface area contributed by atoms with Crippen LogP contribution >= 0.6 is 0 Å². The molecule has 0 amide bonds. The monoisotopic (exact) mass is 320 g/mol. The van der Waals surface area contributed by atoms with Crippen LogP contribution in [0.5, 0.6) is 0 Å². The molecule has 0 spiro atoms. The summed E-state index contributed by atoms with van der Waals surface area (Å²) >= 11 is 0. The maximum atomic E-state index is 6.23. The molecule has 0 radical (unpaired) electrons. The summed E-state index contributed by atoms with van der Waals surface area (Å²) in [6.45, 7) is 4.12. The molecule has 3 rings (SSSR count). The number of nitrogens with two attached hydrogens (primary N) is 1. The first-order chi connectivity index (χ1) is 11.7. The van der Waals surface area contributed by atoms with Gasteiger partial charge in [0.15, 0.2) is 11.6 Å². The molecule has 3 aromatic rings. The Morgan fingerprint density at radius 3 is 2.50 bits per heavy atom. The van der Waals surface area contributed by atoms with E-state index in [1.807, 2.05) is 37.3 Å². The van der Waals surface area contributed by atoms with Crippen LogP contribution in [0.4, 0.5) is 28.8 Å². The Morgan fingerprint density at radius 2 is 1.75 bits per heavy atom. The van der Waals surface area contributed by atoms with Gasteiger partial charge in [-0.15, -0.1) is 0 Å². The molecule has 1 aromatic carbocycles. The van der Waals surface area contributed by atoms with Gasteiger partial charge in [-0.1, -0.05) is 25.1 Å². The number of benzene rings is 1. The van der Waals surface area contributed by atoms with Crippen molar-refractivity contribution < 1.29 is 0 Å². The van der Waals surface area contributed by atoms with Crippen LogP contribution in [-0.2, 0) is 6.42 Å². The van der Waals surface area contributed by atoms with Crippen molar-refractivity contribution in [3.05, 3.63) is 60.0 Å². The Kier molecular flexibility index (Phi) is 4.56. The first-order valence-corrected chi connectivity index (χ1v) is 7.82. The van der Waals surface area contributed by atoms with Crippen LogP contribution in [0.25, 0.3) is 0 Å². The smallest absolute Gasteiger partial charge is 0.160 e. The molecule has 2 heterocycles. The van der Waals surface area contributed by atoms with E-state index in [0.29, 0.717) is 23.1 Å². The zero-order valence-corrected chi connectivity index (χ0v) is 13.7. The molecule has 2 aromatic heterocycles. The second-order valence-electron chi connectivity index (χ2n) is 5.46. The molecule has 0 saturated carbocycles. The molecule has 24 heavy (non-hydrogen) atoms. The first kappa shape index (κ1) is 15.7. The molecule has 0 unspecified atom stereocenters. The van der Waals surface area contributed by atoms with E-state index in [0.717, 1.165) is 17.7 Å². The molecule has 0 aliphatic rings.